The molecule has 0 radical (unpaired) electrons. The molecule has 9 nitrogen and oxygen atoms in total. The van der Waals surface area contributed by atoms with Gasteiger partial charge in [-0.1, -0.05) is 19.3 Å². The number of amides is 5. The molecule has 0 bridgehead atoms. The van der Waals surface area contributed by atoms with Crippen LogP contribution in [0.5, 0.6) is 0 Å². The van der Waals surface area contributed by atoms with Crippen LogP contribution in [0.15, 0.2) is 0 Å². The van der Waals surface area contributed by atoms with Gasteiger partial charge in [-0.3, -0.25) is 14.5 Å². The smallest absolute Gasteiger partial charge is 0.325 e. The zero-order valence-electron chi connectivity index (χ0n) is 14.5. The molecule has 1 aliphatic heterocycles. The van der Waals surface area contributed by atoms with Gasteiger partial charge in [-0.2, -0.15) is 0 Å². The van der Waals surface area contributed by atoms with Crippen LogP contribution in [-0.2, 0) is 9.59 Å². The Balaban J connectivity index is 1.72. The van der Waals surface area contributed by atoms with Gasteiger partial charge in [-0.15, -0.1) is 0 Å². The molecule has 1 heterocycles. The minimum Gasteiger partial charge on any atom is -0.481 e. The van der Waals surface area contributed by atoms with E-state index in [2.05, 4.69) is 10.6 Å². The molecule has 9 heteroatoms. The SMILES string of the molecule is CN(CCC(=O)O)C(=O)NCCCN1C(=O)NC2(CCCCC2)C1=O. The van der Waals surface area contributed by atoms with Crippen molar-refractivity contribution in [3.8, 4) is 0 Å². The first-order valence-electron chi connectivity index (χ1n) is 8.70. The highest BCUT2D eigenvalue weighted by Crippen LogP contribution is 2.33. The Morgan fingerprint density at radius 3 is 2.60 bits per heavy atom. The molecule has 0 aromatic rings. The number of nitrogens with one attached hydrogen (secondary N) is 2. The zero-order valence-corrected chi connectivity index (χ0v) is 14.5. The van der Waals surface area contributed by atoms with Crippen molar-refractivity contribution in [2.75, 3.05) is 26.7 Å². The van der Waals surface area contributed by atoms with Crippen LogP contribution < -0.4 is 10.6 Å². The number of nitrogens with zero attached hydrogens (tertiary/aromatic N) is 2. The minimum absolute atomic E-state index is 0.117. The average Bonchev–Trinajstić information content (AvgIpc) is 2.80. The number of imide groups is 1. The summed E-state index contributed by atoms with van der Waals surface area (Å²) in [6.45, 7) is 0.683. The van der Waals surface area contributed by atoms with E-state index in [4.69, 9.17) is 5.11 Å². The summed E-state index contributed by atoms with van der Waals surface area (Å²) in [7, 11) is 1.52. The van der Waals surface area contributed by atoms with E-state index in [0.717, 1.165) is 19.3 Å². The fourth-order valence-corrected chi connectivity index (χ4v) is 3.31. The van der Waals surface area contributed by atoms with Crippen molar-refractivity contribution >= 4 is 23.9 Å². The van der Waals surface area contributed by atoms with Crippen molar-refractivity contribution in [3.05, 3.63) is 0 Å². The number of carboxylic acids is 1. The quantitative estimate of drug-likeness (QED) is 0.460. The van der Waals surface area contributed by atoms with Crippen LogP contribution in [-0.4, -0.2) is 71.1 Å². The van der Waals surface area contributed by atoms with Crippen molar-refractivity contribution in [3.63, 3.8) is 0 Å². The predicted octanol–water partition coefficient (Wildman–Crippen LogP) is 0.747. The van der Waals surface area contributed by atoms with Gasteiger partial charge in [-0.25, -0.2) is 9.59 Å². The molecule has 1 spiro atoms. The van der Waals surface area contributed by atoms with Gasteiger partial charge >= 0.3 is 18.0 Å². The highest BCUT2D eigenvalue weighted by Gasteiger charge is 2.50. The van der Waals surface area contributed by atoms with E-state index in [0.29, 0.717) is 25.8 Å². The summed E-state index contributed by atoms with van der Waals surface area (Å²) >= 11 is 0. The average molecular weight is 354 g/mol. The summed E-state index contributed by atoms with van der Waals surface area (Å²) in [5.41, 5.74) is -0.713. The molecule has 1 saturated heterocycles. The van der Waals surface area contributed by atoms with E-state index in [-0.39, 0.29) is 37.5 Å². The molecular weight excluding hydrogens is 328 g/mol. The number of hydrogen-bond acceptors (Lipinski definition) is 4. The van der Waals surface area contributed by atoms with Crippen molar-refractivity contribution in [1.82, 2.24) is 20.4 Å². The maximum atomic E-state index is 12.6. The number of carbonyl (C=O) groups is 4. The lowest BCUT2D eigenvalue weighted by molar-refractivity contribution is -0.137. The highest BCUT2D eigenvalue weighted by molar-refractivity contribution is 6.07. The van der Waals surface area contributed by atoms with Gasteiger partial charge in [0, 0.05) is 26.7 Å². The third-order valence-electron chi connectivity index (χ3n) is 4.80. The Labute approximate surface area is 146 Å². The molecule has 0 aromatic heterocycles. The first kappa shape index (κ1) is 19.0. The summed E-state index contributed by atoms with van der Waals surface area (Å²) in [6.07, 6.45) is 4.70. The summed E-state index contributed by atoms with van der Waals surface area (Å²) in [4.78, 5) is 49.5. The van der Waals surface area contributed by atoms with Crippen LogP contribution in [0, 0.1) is 0 Å². The second kappa shape index (κ2) is 8.17. The van der Waals surface area contributed by atoms with E-state index in [1.54, 1.807) is 0 Å². The van der Waals surface area contributed by atoms with Crippen LogP contribution in [0.4, 0.5) is 9.59 Å². The van der Waals surface area contributed by atoms with Crippen molar-refractivity contribution in [2.24, 2.45) is 0 Å². The van der Waals surface area contributed by atoms with Crippen molar-refractivity contribution in [2.45, 2.75) is 50.5 Å². The van der Waals surface area contributed by atoms with Gasteiger partial charge in [0.25, 0.3) is 5.91 Å². The van der Waals surface area contributed by atoms with Gasteiger partial charge < -0.3 is 20.6 Å². The number of rotatable bonds is 7. The Morgan fingerprint density at radius 1 is 1.28 bits per heavy atom. The van der Waals surface area contributed by atoms with Crippen molar-refractivity contribution < 1.29 is 24.3 Å². The molecule has 2 aliphatic rings. The van der Waals surface area contributed by atoms with Gasteiger partial charge in [0.1, 0.15) is 5.54 Å². The zero-order chi connectivity index (χ0) is 18.4. The molecule has 0 aromatic carbocycles. The van der Waals surface area contributed by atoms with Crippen LogP contribution in [0.3, 0.4) is 0 Å². The lowest BCUT2D eigenvalue weighted by Gasteiger charge is -2.30. The molecule has 0 unspecified atom stereocenters. The first-order chi connectivity index (χ1) is 11.9. The Bertz CT molecular complexity index is 545. The molecule has 5 amide bonds. The normalized spacial score (nSPS) is 19.0. The molecule has 25 heavy (non-hydrogen) atoms. The second-order valence-electron chi connectivity index (χ2n) is 6.68. The van der Waals surface area contributed by atoms with Crippen molar-refractivity contribution in [1.29, 1.82) is 0 Å². The lowest BCUT2D eigenvalue weighted by Crippen LogP contribution is -2.48. The van der Waals surface area contributed by atoms with E-state index in [1.807, 2.05) is 0 Å². The van der Waals surface area contributed by atoms with Crippen LogP contribution >= 0.6 is 0 Å². The predicted molar refractivity (Wildman–Crippen MR) is 89.0 cm³/mol. The minimum atomic E-state index is -0.963. The highest BCUT2D eigenvalue weighted by atomic mass is 16.4. The summed E-state index contributed by atoms with van der Waals surface area (Å²) in [5, 5.41) is 14.1. The molecule has 140 valence electrons. The number of hydrogen-bond donors (Lipinski definition) is 3. The number of carboxylic acid groups (broad SMARTS) is 1. The van der Waals surface area contributed by atoms with Crippen LogP contribution in [0.2, 0.25) is 0 Å². The largest absolute Gasteiger partial charge is 0.481 e. The van der Waals surface area contributed by atoms with Gasteiger partial charge in [0.2, 0.25) is 0 Å². The molecule has 2 rings (SSSR count). The van der Waals surface area contributed by atoms with E-state index in [1.165, 1.54) is 16.8 Å². The molecule has 1 saturated carbocycles. The van der Waals surface area contributed by atoms with Gasteiger partial charge in [0.05, 0.1) is 6.42 Å². The van der Waals surface area contributed by atoms with E-state index in [9.17, 15) is 19.2 Å². The van der Waals surface area contributed by atoms with E-state index >= 15 is 0 Å². The summed E-state index contributed by atoms with van der Waals surface area (Å²) < 4.78 is 0. The van der Waals surface area contributed by atoms with Crippen LogP contribution in [0.25, 0.3) is 0 Å². The molecule has 1 aliphatic carbocycles. The monoisotopic (exact) mass is 354 g/mol. The Hall–Kier alpha value is -2.32. The fraction of sp³-hybridized carbons (Fsp3) is 0.750. The third kappa shape index (κ3) is 4.61. The molecule has 3 N–H and O–H groups in total. The molecule has 2 fully saturated rings. The standard InChI is InChI=1S/C16H26N4O5/c1-19(11-6-12(21)22)14(24)17-9-5-10-20-13(23)16(18-15(20)25)7-3-2-4-8-16/h2-11H2,1H3,(H,17,24)(H,18,25)(H,21,22). The fourth-order valence-electron chi connectivity index (χ4n) is 3.31. The topological polar surface area (TPSA) is 119 Å². The summed E-state index contributed by atoms with van der Waals surface area (Å²) in [6, 6.07) is -0.723. The van der Waals surface area contributed by atoms with Gasteiger partial charge in [0.15, 0.2) is 0 Å². The second-order valence-corrected chi connectivity index (χ2v) is 6.68. The maximum Gasteiger partial charge on any atom is 0.325 e. The number of urea groups is 2. The maximum absolute atomic E-state index is 12.6. The molecule has 0 atom stereocenters. The third-order valence-corrected chi connectivity index (χ3v) is 4.80. The Morgan fingerprint density at radius 2 is 1.96 bits per heavy atom. The first-order valence-corrected chi connectivity index (χ1v) is 8.70. The lowest BCUT2D eigenvalue weighted by atomic mass is 9.82. The number of aliphatic carboxylic acids is 1. The van der Waals surface area contributed by atoms with E-state index < -0.39 is 11.5 Å². The van der Waals surface area contributed by atoms with Crippen LogP contribution in [0.1, 0.15) is 44.9 Å². The summed E-state index contributed by atoms with van der Waals surface area (Å²) in [5.74, 6) is -1.11. The Kier molecular flexibility index (Phi) is 6.22. The number of carbonyl (C=O) groups excluding carboxylic acids is 3. The molecular formula is C16H26N4O5. The van der Waals surface area contributed by atoms with Gasteiger partial charge in [-0.05, 0) is 19.3 Å².